The summed E-state index contributed by atoms with van der Waals surface area (Å²) in [6.07, 6.45) is 1.13. The van der Waals surface area contributed by atoms with Gasteiger partial charge in [0, 0.05) is 11.8 Å². The summed E-state index contributed by atoms with van der Waals surface area (Å²) in [6.45, 7) is 0. The Bertz CT molecular complexity index is 433. The normalized spacial score (nSPS) is 75.9. The minimum Gasteiger partial charge on any atom is -0.298 e. The predicted octanol–water partition coefficient (Wildman–Crippen LogP) is 1.55. The topological polar surface area (TPSA) is 34.1 Å². The highest BCUT2D eigenvalue weighted by atomic mass is 79.9. The number of Topliss-reactive ketones (excluding diaryl/α,β-unsaturated/α-hetero) is 2. The van der Waals surface area contributed by atoms with Gasteiger partial charge in [0.15, 0.2) is 11.6 Å². The number of ketones is 2. The van der Waals surface area contributed by atoms with Crippen LogP contribution in [0.15, 0.2) is 0 Å². The number of hydrogen-bond donors (Lipinski definition) is 0. The quantitative estimate of drug-likeness (QED) is 0.631. The molecule has 15 heavy (non-hydrogen) atoms. The van der Waals surface area contributed by atoms with Crippen molar-refractivity contribution in [2.75, 3.05) is 0 Å². The highest BCUT2D eigenvalue weighted by Crippen LogP contribution is 2.87. The van der Waals surface area contributed by atoms with Gasteiger partial charge in [0.25, 0.3) is 0 Å². The lowest BCUT2D eigenvalue weighted by atomic mass is 9.59. The molecule has 78 valence electrons. The van der Waals surface area contributed by atoms with Crippen molar-refractivity contribution in [1.82, 2.24) is 0 Å². The summed E-state index contributed by atoms with van der Waals surface area (Å²) in [5.74, 6) is 2.78. The molecule has 5 aliphatic carbocycles. The lowest BCUT2D eigenvalue weighted by molar-refractivity contribution is -0.139. The first-order valence-corrected chi connectivity index (χ1v) is 7.09. The number of halogens is 2. The van der Waals surface area contributed by atoms with Crippen molar-refractivity contribution >= 4 is 43.4 Å². The average molecular weight is 332 g/mol. The molecule has 0 N–H and O–H groups in total. The molecule has 8 unspecified atom stereocenters. The Morgan fingerprint density at radius 3 is 1.73 bits per heavy atom. The van der Waals surface area contributed by atoms with E-state index < -0.39 is 8.65 Å². The van der Waals surface area contributed by atoms with E-state index in [9.17, 15) is 9.59 Å². The minimum absolute atomic E-state index is 0.0799. The molecule has 0 heterocycles. The van der Waals surface area contributed by atoms with Gasteiger partial charge in [-0.2, -0.15) is 0 Å². The zero-order chi connectivity index (χ0) is 10.3. The Morgan fingerprint density at radius 2 is 1.33 bits per heavy atom. The lowest BCUT2D eigenvalue weighted by Gasteiger charge is -2.56. The number of alkyl halides is 2. The summed E-state index contributed by atoms with van der Waals surface area (Å²) in [5.41, 5.74) is 0. The minimum atomic E-state index is -0.515. The van der Waals surface area contributed by atoms with Gasteiger partial charge in [0.2, 0.25) is 0 Å². The molecule has 0 saturated heterocycles. The largest absolute Gasteiger partial charge is 0.298 e. The van der Waals surface area contributed by atoms with Gasteiger partial charge in [-0.3, -0.25) is 9.59 Å². The second-order valence-electron chi connectivity index (χ2n) is 5.82. The van der Waals surface area contributed by atoms with Crippen molar-refractivity contribution in [3.63, 3.8) is 0 Å². The van der Waals surface area contributed by atoms with Gasteiger partial charge in [-0.25, -0.2) is 0 Å². The van der Waals surface area contributed by atoms with Crippen LogP contribution in [0.1, 0.15) is 6.42 Å². The van der Waals surface area contributed by atoms with Crippen molar-refractivity contribution in [2.45, 2.75) is 15.1 Å². The number of hydrogen-bond acceptors (Lipinski definition) is 2. The zero-order valence-electron chi connectivity index (χ0n) is 7.74. The molecule has 0 aromatic carbocycles. The van der Waals surface area contributed by atoms with E-state index in [0.29, 0.717) is 35.2 Å². The van der Waals surface area contributed by atoms with Gasteiger partial charge in [-0.15, -0.1) is 0 Å². The van der Waals surface area contributed by atoms with Crippen LogP contribution < -0.4 is 0 Å². The summed E-state index contributed by atoms with van der Waals surface area (Å²) in [4.78, 5) is 24.7. The molecule has 0 aromatic heterocycles. The van der Waals surface area contributed by atoms with E-state index >= 15 is 0 Å². The maximum atomic E-state index is 12.3. The maximum Gasteiger partial charge on any atom is 0.155 e. The molecular formula is C11H8Br2O2. The molecule has 5 saturated carbocycles. The second kappa shape index (κ2) is 1.82. The smallest absolute Gasteiger partial charge is 0.155 e. The highest BCUT2D eigenvalue weighted by molar-refractivity contribution is 9.13. The van der Waals surface area contributed by atoms with Crippen LogP contribution >= 0.6 is 31.9 Å². The van der Waals surface area contributed by atoms with Gasteiger partial charge in [-0.05, 0) is 30.1 Å². The van der Waals surface area contributed by atoms with E-state index in [0.717, 1.165) is 6.42 Å². The van der Waals surface area contributed by atoms with Crippen LogP contribution in [0.2, 0.25) is 0 Å². The lowest BCUT2D eigenvalue weighted by Crippen LogP contribution is -2.71. The summed E-state index contributed by atoms with van der Waals surface area (Å²) in [5, 5.41) is 0. The van der Waals surface area contributed by atoms with Gasteiger partial charge < -0.3 is 0 Å². The van der Waals surface area contributed by atoms with Gasteiger partial charge in [0.05, 0.1) is 0 Å². The standard InChI is InChI=1S/C11H8Br2O2/c12-10-6-2-1-3-5(4(2)8(10)14)9(15)11(10,13)7(3)6/h2-7H,1H2. The number of rotatable bonds is 0. The van der Waals surface area contributed by atoms with E-state index in [4.69, 9.17) is 0 Å². The number of carbonyl (C=O) groups excluding carboxylic acids is 2. The molecule has 0 amide bonds. The third-order valence-corrected chi connectivity index (χ3v) is 9.56. The summed E-state index contributed by atoms with van der Waals surface area (Å²) < 4.78 is -1.03. The Morgan fingerprint density at radius 1 is 0.933 bits per heavy atom. The third-order valence-electron chi connectivity index (χ3n) is 5.93. The van der Waals surface area contributed by atoms with Gasteiger partial charge >= 0.3 is 0 Å². The molecule has 4 heteroatoms. The molecule has 0 radical (unpaired) electrons. The first-order valence-electron chi connectivity index (χ1n) is 5.51. The second-order valence-corrected chi connectivity index (χ2v) is 8.32. The van der Waals surface area contributed by atoms with Crippen molar-refractivity contribution < 1.29 is 9.59 Å². The van der Waals surface area contributed by atoms with E-state index in [2.05, 4.69) is 31.9 Å². The van der Waals surface area contributed by atoms with E-state index in [1.54, 1.807) is 0 Å². The molecule has 8 atom stereocenters. The molecule has 2 bridgehead atoms. The Labute approximate surface area is 103 Å². The van der Waals surface area contributed by atoms with E-state index in [-0.39, 0.29) is 11.8 Å². The summed E-state index contributed by atoms with van der Waals surface area (Å²) in [6, 6.07) is 0. The molecular weight excluding hydrogens is 324 g/mol. The van der Waals surface area contributed by atoms with Gasteiger partial charge in [0.1, 0.15) is 8.65 Å². The molecule has 5 fully saturated rings. The Kier molecular flexibility index (Phi) is 1.02. The fraction of sp³-hybridized carbons (Fsp3) is 0.818. The fourth-order valence-electron chi connectivity index (χ4n) is 5.77. The fourth-order valence-corrected chi connectivity index (χ4v) is 8.47. The number of fused-ring (bicyclic) bond motifs is 2. The predicted molar refractivity (Wildman–Crippen MR) is 58.9 cm³/mol. The molecule has 5 rings (SSSR count). The Balaban J connectivity index is 1.95. The molecule has 0 spiro atoms. The van der Waals surface area contributed by atoms with Crippen LogP contribution in [0, 0.1) is 35.5 Å². The highest BCUT2D eigenvalue weighted by Gasteiger charge is 2.95. The van der Waals surface area contributed by atoms with Crippen molar-refractivity contribution in [2.24, 2.45) is 35.5 Å². The summed E-state index contributed by atoms with van der Waals surface area (Å²) in [7, 11) is 0. The van der Waals surface area contributed by atoms with Crippen LogP contribution in [0.5, 0.6) is 0 Å². The van der Waals surface area contributed by atoms with Crippen LogP contribution in [0.4, 0.5) is 0 Å². The van der Waals surface area contributed by atoms with Crippen molar-refractivity contribution in [1.29, 1.82) is 0 Å². The first kappa shape index (κ1) is 8.40. The monoisotopic (exact) mass is 330 g/mol. The van der Waals surface area contributed by atoms with Crippen LogP contribution in [-0.4, -0.2) is 20.2 Å². The maximum absolute atomic E-state index is 12.3. The van der Waals surface area contributed by atoms with E-state index in [1.807, 2.05) is 0 Å². The molecule has 0 aromatic rings. The van der Waals surface area contributed by atoms with Crippen LogP contribution in [-0.2, 0) is 9.59 Å². The third kappa shape index (κ3) is 0.450. The molecule has 5 aliphatic rings. The molecule has 0 aliphatic heterocycles. The zero-order valence-corrected chi connectivity index (χ0v) is 10.9. The number of carbonyl (C=O) groups is 2. The van der Waals surface area contributed by atoms with Crippen molar-refractivity contribution in [3.8, 4) is 0 Å². The van der Waals surface area contributed by atoms with Crippen molar-refractivity contribution in [3.05, 3.63) is 0 Å². The van der Waals surface area contributed by atoms with Crippen LogP contribution in [0.25, 0.3) is 0 Å². The van der Waals surface area contributed by atoms with E-state index in [1.165, 1.54) is 0 Å². The molecule has 2 nitrogen and oxygen atoms in total. The SMILES string of the molecule is O=C1C2C3CC4C2C(=O)C2(Br)C4C3C12Br. The average Bonchev–Trinajstić information content (AvgIpc) is 2.79. The van der Waals surface area contributed by atoms with Gasteiger partial charge in [-0.1, -0.05) is 31.9 Å². The Hall–Kier alpha value is 0.300. The van der Waals surface area contributed by atoms with Crippen LogP contribution in [0.3, 0.4) is 0 Å². The summed E-state index contributed by atoms with van der Waals surface area (Å²) >= 11 is 7.26. The first-order chi connectivity index (χ1) is 7.04.